The number of rotatable bonds is 6. The lowest BCUT2D eigenvalue weighted by atomic mass is 9.94. The Morgan fingerprint density at radius 2 is 1.97 bits per heavy atom. The van der Waals surface area contributed by atoms with Gasteiger partial charge in [0.15, 0.2) is 6.61 Å². The monoisotopic (exact) mass is 456 g/mol. The Hall–Kier alpha value is -1.71. The molecule has 29 heavy (non-hydrogen) atoms. The van der Waals surface area contributed by atoms with Gasteiger partial charge in [-0.1, -0.05) is 18.2 Å². The van der Waals surface area contributed by atoms with Gasteiger partial charge in [-0.25, -0.2) is 0 Å². The summed E-state index contributed by atoms with van der Waals surface area (Å²) in [5.74, 6) is -0.171. The molecular formula is C19H25ClN2O5SSi. The number of nitrogens with one attached hydrogen (secondary N) is 1. The second kappa shape index (κ2) is 8.20. The minimum Gasteiger partial charge on any atom is -0.518 e. The van der Waals surface area contributed by atoms with Crippen LogP contribution >= 0.6 is 23.4 Å². The number of para-hydroxylation sites is 1. The predicted molar refractivity (Wildman–Crippen MR) is 114 cm³/mol. The summed E-state index contributed by atoms with van der Waals surface area (Å²) in [6.45, 7) is 7.25. The van der Waals surface area contributed by atoms with Crippen LogP contribution in [0.3, 0.4) is 0 Å². The van der Waals surface area contributed by atoms with Crippen LogP contribution in [0.25, 0.3) is 0 Å². The van der Waals surface area contributed by atoms with Crippen LogP contribution < -0.4 is 10.1 Å². The SMILES string of the molecule is C[C@@]1(Cl)CS[C@@H]2[C@H](NC(=O)COc3ccccc3)C(=O)N2[C@H]1C(=O)O[Si](C)(C)C. The molecule has 1 aromatic carbocycles. The fourth-order valence-electron chi connectivity index (χ4n) is 3.29. The molecule has 2 saturated heterocycles. The molecule has 0 aromatic heterocycles. The van der Waals surface area contributed by atoms with Crippen molar-refractivity contribution in [3.63, 3.8) is 0 Å². The number of carbonyl (C=O) groups is 3. The van der Waals surface area contributed by atoms with Gasteiger partial charge in [-0.3, -0.25) is 14.4 Å². The molecule has 4 atom stereocenters. The normalized spacial score (nSPS) is 28.8. The number of carbonyl (C=O) groups excluding carboxylic acids is 3. The third kappa shape index (κ3) is 4.89. The zero-order valence-corrected chi connectivity index (χ0v) is 19.4. The molecule has 10 heteroatoms. The Balaban J connectivity index is 1.63. The highest BCUT2D eigenvalue weighted by Gasteiger charge is 2.61. The first-order chi connectivity index (χ1) is 13.5. The highest BCUT2D eigenvalue weighted by atomic mass is 35.5. The molecular weight excluding hydrogens is 432 g/mol. The number of ether oxygens (including phenoxy) is 1. The second-order valence-electron chi connectivity index (χ2n) is 8.31. The van der Waals surface area contributed by atoms with Gasteiger partial charge in [-0.15, -0.1) is 23.4 Å². The van der Waals surface area contributed by atoms with Gasteiger partial charge < -0.3 is 19.4 Å². The van der Waals surface area contributed by atoms with Crippen molar-refractivity contribution >= 4 is 49.5 Å². The van der Waals surface area contributed by atoms with Crippen molar-refractivity contribution in [1.82, 2.24) is 10.2 Å². The minimum atomic E-state index is -2.14. The molecule has 0 radical (unpaired) electrons. The van der Waals surface area contributed by atoms with Crippen LogP contribution in [-0.4, -0.2) is 65.7 Å². The molecule has 2 heterocycles. The van der Waals surface area contributed by atoms with Gasteiger partial charge in [-0.2, -0.15) is 0 Å². The van der Waals surface area contributed by atoms with E-state index in [2.05, 4.69) is 5.32 Å². The molecule has 2 aliphatic heterocycles. The average Bonchev–Trinajstić information content (AvgIpc) is 2.63. The lowest BCUT2D eigenvalue weighted by Gasteiger charge is -2.56. The topological polar surface area (TPSA) is 84.9 Å². The smallest absolute Gasteiger partial charge is 0.317 e. The third-order valence-corrected chi connectivity index (χ3v) is 7.44. The molecule has 1 N–H and O–H groups in total. The fourth-order valence-corrected chi connectivity index (χ4v) is 5.80. The zero-order valence-electron chi connectivity index (χ0n) is 16.8. The molecule has 158 valence electrons. The molecule has 0 aliphatic carbocycles. The van der Waals surface area contributed by atoms with Crippen molar-refractivity contribution < 1.29 is 23.5 Å². The van der Waals surface area contributed by atoms with Gasteiger partial charge in [0.1, 0.15) is 23.2 Å². The summed E-state index contributed by atoms with van der Waals surface area (Å²) in [4.78, 5) is 38.3. The Kier molecular flexibility index (Phi) is 6.21. The number of alkyl halides is 1. The number of amides is 2. The van der Waals surface area contributed by atoms with E-state index in [0.717, 1.165) is 0 Å². The van der Waals surface area contributed by atoms with Gasteiger partial charge >= 0.3 is 5.97 Å². The molecule has 1 aromatic rings. The molecule has 2 fully saturated rings. The number of benzene rings is 1. The number of thioether (sulfide) groups is 1. The molecule has 2 amide bonds. The van der Waals surface area contributed by atoms with Crippen molar-refractivity contribution in [3.05, 3.63) is 30.3 Å². The van der Waals surface area contributed by atoms with Gasteiger partial charge in [-0.05, 0) is 38.7 Å². The van der Waals surface area contributed by atoms with Gasteiger partial charge in [0.25, 0.3) is 5.91 Å². The van der Waals surface area contributed by atoms with Crippen molar-refractivity contribution in [3.8, 4) is 5.75 Å². The Labute approximate surface area is 180 Å². The maximum absolute atomic E-state index is 12.8. The Morgan fingerprint density at radius 1 is 1.31 bits per heavy atom. The van der Waals surface area contributed by atoms with E-state index in [-0.39, 0.29) is 17.9 Å². The fraction of sp³-hybridized carbons (Fsp3) is 0.526. The Morgan fingerprint density at radius 3 is 2.59 bits per heavy atom. The molecule has 7 nitrogen and oxygen atoms in total. The molecule has 0 spiro atoms. The molecule has 0 unspecified atom stereocenters. The van der Waals surface area contributed by atoms with E-state index in [1.165, 1.54) is 16.7 Å². The highest BCUT2D eigenvalue weighted by molar-refractivity contribution is 8.00. The lowest BCUT2D eigenvalue weighted by molar-refractivity contribution is -0.163. The second-order valence-corrected chi connectivity index (χ2v) is 14.7. The number of fused-ring (bicyclic) bond motifs is 1. The van der Waals surface area contributed by atoms with Crippen LogP contribution in [0.15, 0.2) is 30.3 Å². The number of hydrogen-bond acceptors (Lipinski definition) is 6. The van der Waals surface area contributed by atoms with E-state index in [1.54, 1.807) is 19.1 Å². The van der Waals surface area contributed by atoms with E-state index < -0.39 is 37.2 Å². The van der Waals surface area contributed by atoms with Crippen molar-refractivity contribution in [1.29, 1.82) is 0 Å². The molecule has 0 bridgehead atoms. The summed E-state index contributed by atoms with van der Waals surface area (Å²) in [6.07, 6.45) is 0. The average molecular weight is 457 g/mol. The first kappa shape index (κ1) is 22.0. The quantitative estimate of drug-likeness (QED) is 0.401. The zero-order chi connectivity index (χ0) is 21.4. The summed E-state index contributed by atoms with van der Waals surface area (Å²) in [5, 5.41) is 2.36. The third-order valence-electron chi connectivity index (χ3n) is 4.52. The van der Waals surface area contributed by atoms with E-state index in [9.17, 15) is 14.4 Å². The number of nitrogens with zero attached hydrogens (tertiary/aromatic N) is 1. The van der Waals surface area contributed by atoms with E-state index in [1.807, 2.05) is 37.8 Å². The first-order valence-electron chi connectivity index (χ1n) is 9.32. The number of β-lactam (4-membered cyclic amide) rings is 1. The standard InChI is InChI=1S/C19H25ClN2O5SSi/c1-19(20)11-28-17-14(21-13(23)10-26-12-8-6-5-7-9-12)16(24)22(17)15(19)18(25)27-29(2,3)4/h5-9,14-15,17H,10-11H2,1-4H3,(H,21,23)/t14-,15+,17-,19-/m1/s1. The minimum absolute atomic E-state index is 0.195. The molecule has 0 saturated carbocycles. The van der Waals surface area contributed by atoms with E-state index in [0.29, 0.717) is 11.5 Å². The van der Waals surface area contributed by atoms with Crippen LogP contribution in [0.1, 0.15) is 6.92 Å². The van der Waals surface area contributed by atoms with Crippen molar-refractivity contribution in [2.45, 2.75) is 48.9 Å². The predicted octanol–water partition coefficient (Wildman–Crippen LogP) is 2.21. The van der Waals surface area contributed by atoms with Crippen LogP contribution in [0.2, 0.25) is 19.6 Å². The van der Waals surface area contributed by atoms with Gasteiger partial charge in [0.2, 0.25) is 14.2 Å². The number of halogens is 1. The number of hydrogen-bond donors (Lipinski definition) is 1. The van der Waals surface area contributed by atoms with Gasteiger partial charge in [0.05, 0.1) is 4.87 Å². The van der Waals surface area contributed by atoms with Crippen molar-refractivity contribution in [2.75, 3.05) is 12.4 Å². The summed E-state index contributed by atoms with van der Waals surface area (Å²) in [5.41, 5.74) is 0. The largest absolute Gasteiger partial charge is 0.518 e. The highest BCUT2D eigenvalue weighted by Crippen LogP contribution is 2.45. The van der Waals surface area contributed by atoms with Crippen LogP contribution in [0.4, 0.5) is 0 Å². The van der Waals surface area contributed by atoms with Crippen LogP contribution in [-0.2, 0) is 18.8 Å². The molecule has 3 rings (SSSR count). The maximum Gasteiger partial charge on any atom is 0.317 e. The van der Waals surface area contributed by atoms with E-state index >= 15 is 0 Å². The maximum atomic E-state index is 12.8. The van der Waals surface area contributed by atoms with Crippen LogP contribution in [0.5, 0.6) is 5.75 Å². The summed E-state index contributed by atoms with van der Waals surface area (Å²) >= 11 is 8.03. The lowest BCUT2D eigenvalue weighted by Crippen LogP contribution is -2.78. The Bertz CT molecular complexity index is 802. The summed E-state index contributed by atoms with van der Waals surface area (Å²) < 4.78 is 11.0. The van der Waals surface area contributed by atoms with Crippen LogP contribution in [0, 0.1) is 0 Å². The summed E-state index contributed by atoms with van der Waals surface area (Å²) in [7, 11) is -2.14. The molecule has 2 aliphatic rings. The first-order valence-corrected chi connectivity index (χ1v) is 14.2. The summed E-state index contributed by atoms with van der Waals surface area (Å²) in [6, 6.07) is 7.38. The van der Waals surface area contributed by atoms with Gasteiger partial charge in [0, 0.05) is 5.75 Å². The van der Waals surface area contributed by atoms with Crippen molar-refractivity contribution in [2.24, 2.45) is 0 Å². The van der Waals surface area contributed by atoms with E-state index in [4.69, 9.17) is 20.8 Å².